The summed E-state index contributed by atoms with van der Waals surface area (Å²) in [5.41, 5.74) is 2.87. The highest BCUT2D eigenvalue weighted by Crippen LogP contribution is 2.31. The van der Waals surface area contributed by atoms with E-state index in [0.29, 0.717) is 19.0 Å². The molecule has 0 radical (unpaired) electrons. The van der Waals surface area contributed by atoms with Crippen LogP contribution in [0.1, 0.15) is 57.6 Å². The zero-order valence-electron chi connectivity index (χ0n) is 13.6. The summed E-state index contributed by atoms with van der Waals surface area (Å²) in [6, 6.07) is 8.86. The van der Waals surface area contributed by atoms with E-state index in [1.54, 1.807) is 11.2 Å². The Hall–Kier alpha value is -0.870. The van der Waals surface area contributed by atoms with Gasteiger partial charge < -0.3 is 0 Å². The van der Waals surface area contributed by atoms with Gasteiger partial charge in [-0.3, -0.25) is 0 Å². The number of benzene rings is 1. The normalized spacial score (nSPS) is 18.9. The highest BCUT2D eigenvalue weighted by atomic mass is 32.2. The fraction of sp³-hybridized carbons (Fsp3) is 0.647. The van der Waals surface area contributed by atoms with E-state index < -0.39 is 10.0 Å². The van der Waals surface area contributed by atoms with Crippen LogP contribution in [-0.4, -0.2) is 31.6 Å². The van der Waals surface area contributed by atoms with Crippen molar-refractivity contribution in [3.05, 3.63) is 35.4 Å². The van der Waals surface area contributed by atoms with Gasteiger partial charge in [-0.25, -0.2) is 12.7 Å². The minimum atomic E-state index is -3.02. The minimum absolute atomic E-state index is 0.178. The standard InChI is InChI=1S/C17H27NO2S/c1-5-21(19,20)18-12-10-15(11-13-18)14-6-8-16(9-7-14)17(2,3)4/h6-9,15H,5,10-13H2,1-4H3. The van der Waals surface area contributed by atoms with Crippen LogP contribution in [0.15, 0.2) is 24.3 Å². The van der Waals surface area contributed by atoms with Crippen molar-refractivity contribution in [1.82, 2.24) is 4.31 Å². The van der Waals surface area contributed by atoms with Crippen molar-refractivity contribution in [3.8, 4) is 0 Å². The molecule has 1 saturated heterocycles. The van der Waals surface area contributed by atoms with Crippen molar-refractivity contribution in [2.75, 3.05) is 18.8 Å². The summed E-state index contributed by atoms with van der Waals surface area (Å²) in [6.07, 6.45) is 1.85. The summed E-state index contributed by atoms with van der Waals surface area (Å²) in [5, 5.41) is 0. The average Bonchev–Trinajstić information content (AvgIpc) is 2.47. The molecule has 3 nitrogen and oxygen atoms in total. The first-order valence-electron chi connectivity index (χ1n) is 7.82. The SMILES string of the molecule is CCS(=O)(=O)N1CCC(c2ccc(C(C)(C)C)cc2)CC1. The molecule has 0 spiro atoms. The molecule has 1 aromatic rings. The molecule has 0 saturated carbocycles. The molecule has 118 valence electrons. The van der Waals surface area contributed by atoms with Gasteiger partial charge in [-0.1, -0.05) is 45.0 Å². The molecule has 1 aromatic carbocycles. The van der Waals surface area contributed by atoms with Gasteiger partial charge in [0.1, 0.15) is 0 Å². The van der Waals surface area contributed by atoms with Crippen molar-refractivity contribution in [2.45, 2.75) is 51.9 Å². The van der Waals surface area contributed by atoms with E-state index in [4.69, 9.17) is 0 Å². The second-order valence-corrected chi connectivity index (χ2v) is 9.20. The molecule has 0 unspecified atom stereocenters. The fourth-order valence-electron chi connectivity index (χ4n) is 2.91. The molecule has 21 heavy (non-hydrogen) atoms. The van der Waals surface area contributed by atoms with Crippen LogP contribution in [0.4, 0.5) is 0 Å². The smallest absolute Gasteiger partial charge is 0.212 e. The fourth-order valence-corrected chi connectivity index (χ4v) is 4.04. The molecule has 0 N–H and O–H groups in total. The van der Waals surface area contributed by atoms with Crippen LogP contribution < -0.4 is 0 Å². The van der Waals surface area contributed by atoms with E-state index in [-0.39, 0.29) is 11.2 Å². The van der Waals surface area contributed by atoms with Crippen molar-refractivity contribution in [3.63, 3.8) is 0 Å². The van der Waals surface area contributed by atoms with Gasteiger partial charge in [0.2, 0.25) is 10.0 Å². The highest BCUT2D eigenvalue weighted by molar-refractivity contribution is 7.89. The molecule has 0 amide bonds. The Morgan fingerprint density at radius 1 is 1.10 bits per heavy atom. The number of nitrogens with zero attached hydrogens (tertiary/aromatic N) is 1. The maximum Gasteiger partial charge on any atom is 0.213 e. The summed E-state index contributed by atoms with van der Waals surface area (Å²) >= 11 is 0. The van der Waals surface area contributed by atoms with Crippen LogP contribution in [-0.2, 0) is 15.4 Å². The van der Waals surface area contributed by atoms with E-state index in [0.717, 1.165) is 12.8 Å². The highest BCUT2D eigenvalue weighted by Gasteiger charge is 2.27. The molecule has 4 heteroatoms. The zero-order valence-corrected chi connectivity index (χ0v) is 14.4. The number of sulfonamides is 1. The van der Waals surface area contributed by atoms with Gasteiger partial charge in [0.05, 0.1) is 5.75 Å². The van der Waals surface area contributed by atoms with Gasteiger partial charge in [-0.05, 0) is 42.2 Å². The average molecular weight is 309 g/mol. The van der Waals surface area contributed by atoms with E-state index in [9.17, 15) is 8.42 Å². The maximum absolute atomic E-state index is 11.9. The van der Waals surface area contributed by atoms with E-state index in [1.165, 1.54) is 11.1 Å². The molecule has 1 aliphatic heterocycles. The van der Waals surface area contributed by atoms with Crippen LogP contribution >= 0.6 is 0 Å². The lowest BCUT2D eigenvalue weighted by Gasteiger charge is -2.31. The number of hydrogen-bond acceptors (Lipinski definition) is 2. The third-order valence-corrected chi connectivity index (χ3v) is 6.34. The summed E-state index contributed by atoms with van der Waals surface area (Å²) < 4.78 is 25.4. The largest absolute Gasteiger partial charge is 0.213 e. The van der Waals surface area contributed by atoms with E-state index in [1.807, 2.05) is 0 Å². The Labute approximate surface area is 129 Å². The van der Waals surface area contributed by atoms with Gasteiger partial charge in [0.25, 0.3) is 0 Å². The molecule has 1 aliphatic rings. The van der Waals surface area contributed by atoms with Crippen molar-refractivity contribution in [1.29, 1.82) is 0 Å². The number of hydrogen-bond donors (Lipinski definition) is 0. The minimum Gasteiger partial charge on any atom is -0.212 e. The van der Waals surface area contributed by atoms with Gasteiger partial charge >= 0.3 is 0 Å². The Bertz CT molecular complexity index is 562. The van der Waals surface area contributed by atoms with Crippen molar-refractivity contribution in [2.24, 2.45) is 0 Å². The summed E-state index contributed by atoms with van der Waals surface area (Å²) in [4.78, 5) is 0. The number of rotatable bonds is 3. The molecule has 0 aromatic heterocycles. The molecule has 0 aliphatic carbocycles. The summed E-state index contributed by atoms with van der Waals surface area (Å²) in [7, 11) is -3.02. The first-order chi connectivity index (χ1) is 9.74. The van der Waals surface area contributed by atoms with E-state index in [2.05, 4.69) is 45.0 Å². The van der Waals surface area contributed by atoms with Gasteiger partial charge in [-0.15, -0.1) is 0 Å². The number of piperidine rings is 1. The van der Waals surface area contributed by atoms with Crippen LogP contribution in [0.25, 0.3) is 0 Å². The zero-order chi connectivity index (χ0) is 15.7. The van der Waals surface area contributed by atoms with Crippen molar-refractivity contribution < 1.29 is 8.42 Å². The van der Waals surface area contributed by atoms with Gasteiger partial charge in [-0.2, -0.15) is 0 Å². The second-order valence-electron chi connectivity index (χ2n) is 6.95. The predicted octanol–water partition coefficient (Wildman–Crippen LogP) is 3.51. The van der Waals surface area contributed by atoms with Crippen LogP contribution in [0.3, 0.4) is 0 Å². The van der Waals surface area contributed by atoms with Crippen LogP contribution in [0, 0.1) is 0 Å². The molecular weight excluding hydrogens is 282 g/mol. The maximum atomic E-state index is 11.9. The molecule has 1 fully saturated rings. The van der Waals surface area contributed by atoms with Gasteiger partial charge in [0.15, 0.2) is 0 Å². The Morgan fingerprint density at radius 2 is 1.62 bits per heavy atom. The lowest BCUT2D eigenvalue weighted by molar-refractivity contribution is 0.320. The molecule has 2 rings (SSSR count). The summed E-state index contributed by atoms with van der Waals surface area (Å²) in [6.45, 7) is 9.68. The van der Waals surface area contributed by atoms with Crippen molar-refractivity contribution >= 4 is 10.0 Å². The quantitative estimate of drug-likeness (QED) is 0.857. The lowest BCUT2D eigenvalue weighted by atomic mass is 9.84. The lowest BCUT2D eigenvalue weighted by Crippen LogP contribution is -2.38. The van der Waals surface area contributed by atoms with Crippen LogP contribution in [0.5, 0.6) is 0 Å². The monoisotopic (exact) mass is 309 g/mol. The molecule has 1 heterocycles. The Balaban J connectivity index is 2.03. The van der Waals surface area contributed by atoms with Gasteiger partial charge in [0, 0.05) is 13.1 Å². The van der Waals surface area contributed by atoms with E-state index >= 15 is 0 Å². The summed E-state index contributed by atoms with van der Waals surface area (Å²) in [5.74, 6) is 0.695. The Morgan fingerprint density at radius 3 is 2.05 bits per heavy atom. The topological polar surface area (TPSA) is 37.4 Å². The molecule has 0 atom stereocenters. The first-order valence-corrected chi connectivity index (χ1v) is 9.43. The molecule has 0 bridgehead atoms. The Kier molecular flexibility index (Phi) is 4.79. The third kappa shape index (κ3) is 3.86. The third-order valence-electron chi connectivity index (χ3n) is 4.46. The molecular formula is C17H27NO2S. The van der Waals surface area contributed by atoms with Crippen LogP contribution in [0.2, 0.25) is 0 Å². The predicted molar refractivity (Wildman–Crippen MR) is 88.2 cm³/mol. The second kappa shape index (κ2) is 6.09. The first kappa shape index (κ1) is 16.5.